The minimum absolute atomic E-state index is 0.0198. The molecule has 0 saturated carbocycles. The number of rotatable bonds is 4. The number of aromatic carboxylic acids is 1. The summed E-state index contributed by atoms with van der Waals surface area (Å²) in [6.45, 7) is 0.109. The molecular weight excluding hydrogens is 258 g/mol. The molecule has 0 saturated heterocycles. The van der Waals surface area contributed by atoms with Gasteiger partial charge < -0.3 is 9.84 Å². The lowest BCUT2D eigenvalue weighted by Crippen LogP contribution is -2.04. The monoisotopic (exact) mass is 267 g/mol. The Morgan fingerprint density at radius 3 is 2.94 bits per heavy atom. The van der Waals surface area contributed by atoms with Crippen molar-refractivity contribution in [3.63, 3.8) is 0 Å². The van der Waals surface area contributed by atoms with Crippen molar-refractivity contribution in [1.82, 2.24) is 15.0 Å². The smallest absolute Gasteiger partial charge is 0.339 e. The molecular formula is C11H10ClN3O3. The molecule has 0 spiro atoms. The molecule has 0 radical (unpaired) electrons. The molecule has 18 heavy (non-hydrogen) atoms. The summed E-state index contributed by atoms with van der Waals surface area (Å²) in [5.41, 5.74) is 0.611. The molecule has 1 aromatic heterocycles. The van der Waals surface area contributed by atoms with Crippen LogP contribution in [0.4, 0.5) is 0 Å². The normalized spacial score (nSPS) is 10.3. The molecule has 2 rings (SSSR count). The third-order valence-electron chi connectivity index (χ3n) is 2.21. The van der Waals surface area contributed by atoms with Gasteiger partial charge >= 0.3 is 5.97 Å². The fourth-order valence-corrected chi connectivity index (χ4v) is 1.66. The number of ether oxygens (including phenoxy) is 1. The van der Waals surface area contributed by atoms with Crippen molar-refractivity contribution in [2.24, 2.45) is 7.05 Å². The number of aryl methyl sites for hydroxylation is 1. The van der Waals surface area contributed by atoms with Crippen LogP contribution in [0, 0.1) is 0 Å². The summed E-state index contributed by atoms with van der Waals surface area (Å²) in [5, 5.41) is 16.8. The fourth-order valence-electron chi connectivity index (χ4n) is 1.43. The Hall–Kier alpha value is -2.08. The minimum atomic E-state index is -1.09. The zero-order chi connectivity index (χ0) is 13.1. The maximum absolute atomic E-state index is 11.0. The van der Waals surface area contributed by atoms with Crippen LogP contribution in [0.2, 0.25) is 5.02 Å². The minimum Gasteiger partial charge on any atom is -0.485 e. The predicted octanol–water partition coefficient (Wildman–Crippen LogP) is 1.75. The maximum atomic E-state index is 11.0. The lowest BCUT2D eigenvalue weighted by molar-refractivity contribution is 0.0691. The van der Waals surface area contributed by atoms with E-state index in [2.05, 4.69) is 10.3 Å². The van der Waals surface area contributed by atoms with Crippen LogP contribution in [-0.2, 0) is 13.7 Å². The molecule has 0 atom stereocenters. The van der Waals surface area contributed by atoms with E-state index in [1.807, 2.05) is 0 Å². The highest BCUT2D eigenvalue weighted by Crippen LogP contribution is 2.29. The zero-order valence-electron chi connectivity index (χ0n) is 9.50. The second-order valence-electron chi connectivity index (χ2n) is 3.59. The molecule has 94 valence electrons. The molecule has 0 bridgehead atoms. The van der Waals surface area contributed by atoms with Gasteiger partial charge in [0.25, 0.3) is 0 Å². The van der Waals surface area contributed by atoms with Crippen LogP contribution in [0.5, 0.6) is 5.75 Å². The van der Waals surface area contributed by atoms with E-state index in [9.17, 15) is 4.79 Å². The molecule has 0 aliphatic rings. The van der Waals surface area contributed by atoms with Crippen molar-refractivity contribution in [2.45, 2.75) is 6.61 Å². The molecule has 6 nitrogen and oxygen atoms in total. The third kappa shape index (κ3) is 2.60. The number of aromatic nitrogens is 3. The number of benzene rings is 1. The highest BCUT2D eigenvalue weighted by Gasteiger charge is 2.15. The summed E-state index contributed by atoms with van der Waals surface area (Å²) in [4.78, 5) is 11.0. The molecule has 7 heteroatoms. The van der Waals surface area contributed by atoms with Crippen LogP contribution >= 0.6 is 11.6 Å². The number of carbonyl (C=O) groups is 1. The Morgan fingerprint density at radius 2 is 2.33 bits per heavy atom. The number of hydrogen-bond donors (Lipinski definition) is 1. The SMILES string of the molecule is Cn1cc(COc2c(Cl)cccc2C(=O)O)nn1. The van der Waals surface area contributed by atoms with E-state index in [0.717, 1.165) is 0 Å². The van der Waals surface area contributed by atoms with Gasteiger partial charge in [0.2, 0.25) is 0 Å². The van der Waals surface area contributed by atoms with Crippen LogP contribution in [0.15, 0.2) is 24.4 Å². The molecule has 1 N–H and O–H groups in total. The third-order valence-corrected chi connectivity index (χ3v) is 2.51. The molecule has 1 aromatic carbocycles. The van der Waals surface area contributed by atoms with Crippen LogP contribution < -0.4 is 4.74 Å². The van der Waals surface area contributed by atoms with E-state index in [1.165, 1.54) is 10.7 Å². The van der Waals surface area contributed by atoms with Gasteiger partial charge in [0.15, 0.2) is 5.75 Å². The second-order valence-corrected chi connectivity index (χ2v) is 4.00. The van der Waals surface area contributed by atoms with Crippen LogP contribution in [0.1, 0.15) is 16.1 Å². The first-order valence-electron chi connectivity index (χ1n) is 5.07. The first kappa shape index (κ1) is 12.4. The van der Waals surface area contributed by atoms with Crippen LogP contribution in [0.3, 0.4) is 0 Å². The van der Waals surface area contributed by atoms with Gasteiger partial charge in [0, 0.05) is 7.05 Å². The molecule has 0 amide bonds. The second kappa shape index (κ2) is 5.05. The van der Waals surface area contributed by atoms with Crippen molar-refractivity contribution in [2.75, 3.05) is 0 Å². The van der Waals surface area contributed by atoms with E-state index < -0.39 is 5.97 Å². The summed E-state index contributed by atoms with van der Waals surface area (Å²) in [5.74, 6) is -0.955. The first-order chi connectivity index (χ1) is 8.58. The van der Waals surface area contributed by atoms with Crippen molar-refractivity contribution in [3.05, 3.63) is 40.7 Å². The number of hydrogen-bond acceptors (Lipinski definition) is 4. The van der Waals surface area contributed by atoms with Gasteiger partial charge in [-0.1, -0.05) is 22.9 Å². The summed E-state index contributed by atoms with van der Waals surface area (Å²) < 4.78 is 6.93. The summed E-state index contributed by atoms with van der Waals surface area (Å²) >= 11 is 5.92. The number of carboxylic acids is 1. The topological polar surface area (TPSA) is 77.2 Å². The Balaban J connectivity index is 2.20. The van der Waals surface area contributed by atoms with E-state index in [1.54, 1.807) is 25.4 Å². The molecule has 0 aliphatic carbocycles. The van der Waals surface area contributed by atoms with E-state index in [4.69, 9.17) is 21.4 Å². The average molecular weight is 268 g/mol. The van der Waals surface area contributed by atoms with Crippen LogP contribution in [0.25, 0.3) is 0 Å². The van der Waals surface area contributed by atoms with E-state index in [0.29, 0.717) is 5.69 Å². The average Bonchev–Trinajstić information content (AvgIpc) is 2.73. The lowest BCUT2D eigenvalue weighted by atomic mass is 10.2. The maximum Gasteiger partial charge on any atom is 0.339 e. The number of nitrogens with zero attached hydrogens (tertiary/aromatic N) is 3. The molecule has 0 unspecified atom stereocenters. The van der Waals surface area contributed by atoms with Crippen molar-refractivity contribution >= 4 is 17.6 Å². The lowest BCUT2D eigenvalue weighted by Gasteiger charge is -2.09. The fraction of sp³-hybridized carbons (Fsp3) is 0.182. The standard InChI is InChI=1S/C11H10ClN3O3/c1-15-5-7(13-14-15)6-18-10-8(11(16)17)3-2-4-9(10)12/h2-5H,6H2,1H3,(H,16,17). The zero-order valence-corrected chi connectivity index (χ0v) is 10.3. The summed E-state index contributed by atoms with van der Waals surface area (Å²) in [6, 6.07) is 4.56. The molecule has 2 aromatic rings. The van der Waals surface area contributed by atoms with E-state index >= 15 is 0 Å². The van der Waals surface area contributed by atoms with Gasteiger partial charge in [0.05, 0.1) is 11.2 Å². The Bertz CT molecular complexity index is 583. The highest BCUT2D eigenvalue weighted by molar-refractivity contribution is 6.32. The Kier molecular flexibility index (Phi) is 3.47. The number of halogens is 1. The highest BCUT2D eigenvalue weighted by atomic mass is 35.5. The van der Waals surface area contributed by atoms with Crippen molar-refractivity contribution < 1.29 is 14.6 Å². The van der Waals surface area contributed by atoms with Gasteiger partial charge in [-0.2, -0.15) is 0 Å². The van der Waals surface area contributed by atoms with Crippen LogP contribution in [-0.4, -0.2) is 26.1 Å². The summed E-state index contributed by atoms with van der Waals surface area (Å²) in [7, 11) is 1.73. The molecule has 1 heterocycles. The van der Waals surface area contributed by atoms with Gasteiger partial charge in [-0.3, -0.25) is 4.68 Å². The number of carboxylic acid groups (broad SMARTS) is 1. The summed E-state index contributed by atoms with van der Waals surface area (Å²) in [6.07, 6.45) is 1.68. The van der Waals surface area contributed by atoms with E-state index in [-0.39, 0.29) is 22.9 Å². The quantitative estimate of drug-likeness (QED) is 0.913. The van der Waals surface area contributed by atoms with Gasteiger partial charge in [-0.25, -0.2) is 4.79 Å². The van der Waals surface area contributed by atoms with Gasteiger partial charge in [0.1, 0.15) is 17.9 Å². The molecule has 0 aliphatic heterocycles. The van der Waals surface area contributed by atoms with Gasteiger partial charge in [-0.15, -0.1) is 5.10 Å². The predicted molar refractivity (Wildman–Crippen MR) is 63.7 cm³/mol. The largest absolute Gasteiger partial charge is 0.485 e. The Labute approximate surface area is 108 Å². The van der Waals surface area contributed by atoms with Gasteiger partial charge in [-0.05, 0) is 12.1 Å². The van der Waals surface area contributed by atoms with Crippen molar-refractivity contribution in [3.8, 4) is 5.75 Å². The number of para-hydroxylation sites is 1. The Morgan fingerprint density at radius 1 is 1.56 bits per heavy atom. The molecule has 0 fully saturated rings. The first-order valence-corrected chi connectivity index (χ1v) is 5.45. The van der Waals surface area contributed by atoms with Crippen molar-refractivity contribution in [1.29, 1.82) is 0 Å².